The van der Waals surface area contributed by atoms with Crippen LogP contribution in [0.4, 0.5) is 5.95 Å². The topological polar surface area (TPSA) is 43.8 Å². The van der Waals surface area contributed by atoms with Gasteiger partial charge in [-0.25, -0.2) is 4.98 Å². The van der Waals surface area contributed by atoms with E-state index in [1.54, 1.807) is 0 Å². The summed E-state index contributed by atoms with van der Waals surface area (Å²) < 4.78 is 3.31. The number of hydrogen-bond donors (Lipinski definition) is 1. The van der Waals surface area contributed by atoms with E-state index in [9.17, 15) is 0 Å². The first-order valence-corrected chi connectivity index (χ1v) is 7.30. The van der Waals surface area contributed by atoms with E-state index in [0.717, 1.165) is 21.4 Å². The van der Waals surface area contributed by atoms with Crippen molar-refractivity contribution in [2.45, 2.75) is 32.7 Å². The Morgan fingerprint density at radius 3 is 2.78 bits per heavy atom. The van der Waals surface area contributed by atoms with Gasteiger partial charge in [0.1, 0.15) is 0 Å². The van der Waals surface area contributed by atoms with E-state index in [0.29, 0.717) is 17.9 Å². The van der Waals surface area contributed by atoms with Gasteiger partial charge in [-0.05, 0) is 42.9 Å². The van der Waals surface area contributed by atoms with Crippen LogP contribution in [0.15, 0.2) is 22.7 Å². The van der Waals surface area contributed by atoms with Crippen molar-refractivity contribution in [1.29, 1.82) is 0 Å². The second-order valence-corrected chi connectivity index (χ2v) is 6.37. The number of halogens is 1. The molecule has 18 heavy (non-hydrogen) atoms. The number of rotatable bonds is 1. The van der Waals surface area contributed by atoms with Gasteiger partial charge in [-0.3, -0.25) is 0 Å². The third kappa shape index (κ3) is 1.74. The highest BCUT2D eigenvalue weighted by Gasteiger charge is 2.32. The van der Waals surface area contributed by atoms with Crippen LogP contribution in [0.5, 0.6) is 0 Å². The van der Waals surface area contributed by atoms with E-state index in [-0.39, 0.29) is 0 Å². The molecule has 3 nitrogen and oxygen atoms in total. The van der Waals surface area contributed by atoms with Gasteiger partial charge in [0.05, 0.1) is 11.0 Å². The molecule has 0 amide bonds. The molecule has 4 heteroatoms. The molecule has 3 unspecified atom stereocenters. The van der Waals surface area contributed by atoms with E-state index in [1.807, 2.05) is 12.1 Å². The lowest BCUT2D eigenvalue weighted by Gasteiger charge is -2.21. The third-order valence-electron chi connectivity index (χ3n) is 4.43. The number of aromatic nitrogens is 2. The zero-order chi connectivity index (χ0) is 12.9. The Bertz CT molecular complexity index is 590. The molecule has 1 saturated carbocycles. The molecule has 3 atom stereocenters. The first-order valence-electron chi connectivity index (χ1n) is 6.51. The van der Waals surface area contributed by atoms with Crippen LogP contribution in [-0.2, 0) is 0 Å². The predicted molar refractivity (Wildman–Crippen MR) is 78.4 cm³/mol. The molecule has 3 rings (SSSR count). The van der Waals surface area contributed by atoms with Crippen LogP contribution in [0.25, 0.3) is 11.0 Å². The van der Waals surface area contributed by atoms with Crippen molar-refractivity contribution in [3.8, 4) is 0 Å². The quantitative estimate of drug-likeness (QED) is 0.865. The minimum Gasteiger partial charge on any atom is -0.369 e. The second-order valence-electron chi connectivity index (χ2n) is 5.45. The van der Waals surface area contributed by atoms with Crippen molar-refractivity contribution in [3.05, 3.63) is 22.7 Å². The van der Waals surface area contributed by atoms with Crippen molar-refractivity contribution in [1.82, 2.24) is 9.55 Å². The molecule has 0 saturated heterocycles. The van der Waals surface area contributed by atoms with Gasteiger partial charge in [-0.1, -0.05) is 29.8 Å². The van der Waals surface area contributed by atoms with E-state index >= 15 is 0 Å². The summed E-state index contributed by atoms with van der Waals surface area (Å²) in [5, 5.41) is 0. The predicted octanol–water partition coefficient (Wildman–Crippen LogP) is 3.99. The third-order valence-corrected chi connectivity index (χ3v) is 4.93. The van der Waals surface area contributed by atoms with Crippen molar-refractivity contribution in [2.24, 2.45) is 11.8 Å². The molecular formula is C14H18BrN3. The number of anilines is 1. The summed E-state index contributed by atoms with van der Waals surface area (Å²) in [4.78, 5) is 4.48. The lowest BCUT2D eigenvalue weighted by molar-refractivity contribution is 0.361. The highest BCUT2D eigenvalue weighted by molar-refractivity contribution is 9.10. The Kier molecular flexibility index (Phi) is 2.85. The van der Waals surface area contributed by atoms with Gasteiger partial charge >= 0.3 is 0 Å². The average molecular weight is 308 g/mol. The van der Waals surface area contributed by atoms with Gasteiger partial charge in [0.2, 0.25) is 5.95 Å². The Hall–Kier alpha value is -1.03. The summed E-state index contributed by atoms with van der Waals surface area (Å²) in [5.74, 6) is 2.07. The maximum Gasteiger partial charge on any atom is 0.201 e. The fraction of sp³-hybridized carbons (Fsp3) is 0.500. The van der Waals surface area contributed by atoms with Gasteiger partial charge in [0, 0.05) is 10.5 Å². The Morgan fingerprint density at radius 2 is 2.11 bits per heavy atom. The molecule has 0 radical (unpaired) electrons. The molecule has 1 aliphatic rings. The number of nitrogens with two attached hydrogens (primary N) is 1. The van der Waals surface area contributed by atoms with Crippen LogP contribution in [0.3, 0.4) is 0 Å². The van der Waals surface area contributed by atoms with E-state index in [1.165, 1.54) is 12.8 Å². The van der Waals surface area contributed by atoms with Crippen LogP contribution < -0.4 is 5.73 Å². The normalized spacial score (nSPS) is 28.1. The minimum atomic E-state index is 0.485. The lowest BCUT2D eigenvalue weighted by Crippen LogP contribution is -2.16. The number of nitrogen functional groups attached to an aromatic ring is 1. The Morgan fingerprint density at radius 1 is 1.33 bits per heavy atom. The van der Waals surface area contributed by atoms with Crippen LogP contribution in [-0.4, -0.2) is 9.55 Å². The molecule has 2 N–H and O–H groups in total. The Balaban J connectivity index is 2.16. The second kappa shape index (κ2) is 4.26. The summed E-state index contributed by atoms with van der Waals surface area (Å²) in [6.45, 7) is 4.65. The van der Waals surface area contributed by atoms with Crippen molar-refractivity contribution in [2.75, 3.05) is 5.73 Å². The standard InChI is InChI=1S/C14H18BrN3/c1-8-3-6-12(9(8)2)18-13-7-10(15)4-5-11(13)17-14(18)16/h4-5,7-9,12H,3,6H2,1-2H3,(H2,16,17). The highest BCUT2D eigenvalue weighted by Crippen LogP contribution is 2.42. The maximum atomic E-state index is 6.13. The molecule has 1 aromatic carbocycles. The van der Waals surface area contributed by atoms with Gasteiger partial charge in [0.25, 0.3) is 0 Å². The molecule has 1 heterocycles. The van der Waals surface area contributed by atoms with E-state index in [4.69, 9.17) is 5.73 Å². The van der Waals surface area contributed by atoms with Gasteiger partial charge in [-0.15, -0.1) is 0 Å². The molecule has 1 aliphatic carbocycles. The number of fused-ring (bicyclic) bond motifs is 1. The molecule has 0 aliphatic heterocycles. The first kappa shape index (κ1) is 12.0. The fourth-order valence-electron chi connectivity index (χ4n) is 3.14. The van der Waals surface area contributed by atoms with E-state index < -0.39 is 0 Å². The molecule has 0 bridgehead atoms. The largest absolute Gasteiger partial charge is 0.369 e. The molecule has 0 spiro atoms. The van der Waals surface area contributed by atoms with Crippen molar-refractivity contribution < 1.29 is 0 Å². The minimum absolute atomic E-state index is 0.485. The number of hydrogen-bond acceptors (Lipinski definition) is 2. The zero-order valence-electron chi connectivity index (χ0n) is 10.7. The smallest absolute Gasteiger partial charge is 0.201 e. The van der Waals surface area contributed by atoms with E-state index in [2.05, 4.69) is 45.4 Å². The van der Waals surface area contributed by atoms with Gasteiger partial charge < -0.3 is 10.3 Å². The molecule has 2 aromatic rings. The van der Waals surface area contributed by atoms with Crippen LogP contribution in [0.1, 0.15) is 32.7 Å². The monoisotopic (exact) mass is 307 g/mol. The highest BCUT2D eigenvalue weighted by atomic mass is 79.9. The van der Waals surface area contributed by atoms with Crippen LogP contribution >= 0.6 is 15.9 Å². The molecule has 1 aromatic heterocycles. The van der Waals surface area contributed by atoms with Crippen LogP contribution in [0, 0.1) is 11.8 Å². The first-order chi connectivity index (χ1) is 8.58. The number of benzene rings is 1. The maximum absolute atomic E-state index is 6.13. The van der Waals surface area contributed by atoms with Crippen molar-refractivity contribution >= 4 is 32.9 Å². The van der Waals surface area contributed by atoms with Crippen molar-refractivity contribution in [3.63, 3.8) is 0 Å². The molecular weight excluding hydrogens is 290 g/mol. The van der Waals surface area contributed by atoms with Gasteiger partial charge in [0.15, 0.2) is 0 Å². The summed E-state index contributed by atoms with van der Waals surface area (Å²) in [5.41, 5.74) is 8.26. The fourth-order valence-corrected chi connectivity index (χ4v) is 3.49. The molecule has 1 fully saturated rings. The zero-order valence-corrected chi connectivity index (χ0v) is 12.3. The summed E-state index contributed by atoms with van der Waals surface area (Å²) in [6.07, 6.45) is 2.48. The SMILES string of the molecule is CC1CCC(n2c(N)nc3ccc(Br)cc32)C1C. The summed E-state index contributed by atoms with van der Waals surface area (Å²) in [7, 11) is 0. The summed E-state index contributed by atoms with van der Waals surface area (Å²) >= 11 is 3.53. The summed E-state index contributed by atoms with van der Waals surface area (Å²) in [6, 6.07) is 6.64. The van der Waals surface area contributed by atoms with Gasteiger partial charge in [-0.2, -0.15) is 0 Å². The Labute approximate surface area is 116 Å². The number of imidazole rings is 1. The van der Waals surface area contributed by atoms with Crippen LogP contribution in [0.2, 0.25) is 0 Å². The average Bonchev–Trinajstić information content (AvgIpc) is 2.81. The lowest BCUT2D eigenvalue weighted by atomic mass is 9.97. The molecule has 96 valence electrons. The number of nitrogens with zero attached hydrogens (tertiary/aromatic N) is 2.